The largest absolute Gasteiger partial charge is 0.457 e. The monoisotopic (exact) mass is 330 g/mol. The zero-order valence-corrected chi connectivity index (χ0v) is 14.1. The van der Waals surface area contributed by atoms with Crippen LogP contribution >= 0.6 is 0 Å². The highest BCUT2D eigenvalue weighted by atomic mass is 16.5. The third kappa shape index (κ3) is 3.04. The second-order valence-corrected chi connectivity index (χ2v) is 6.01. The molecule has 2 heterocycles. The summed E-state index contributed by atoms with van der Waals surface area (Å²) in [6.45, 7) is 4.07. The Kier molecular flexibility index (Phi) is 3.82. The molecule has 124 valence electrons. The molecule has 4 rings (SSSR count). The predicted molar refractivity (Wildman–Crippen MR) is 97.6 cm³/mol. The maximum Gasteiger partial charge on any atom is 0.127 e. The Bertz CT molecular complexity index is 899. The summed E-state index contributed by atoms with van der Waals surface area (Å²) in [5.74, 6) is 1.60. The molecule has 0 radical (unpaired) electrons. The minimum atomic E-state index is 0.798. The molecule has 2 aromatic carbocycles. The van der Waals surface area contributed by atoms with Crippen molar-refractivity contribution in [1.29, 1.82) is 0 Å². The molecule has 0 aliphatic carbocycles. The third-order valence-corrected chi connectivity index (χ3v) is 4.18. The van der Waals surface area contributed by atoms with Crippen molar-refractivity contribution >= 4 is 0 Å². The van der Waals surface area contributed by atoms with Gasteiger partial charge in [-0.1, -0.05) is 0 Å². The first kappa shape index (κ1) is 15.2. The van der Waals surface area contributed by atoms with Crippen molar-refractivity contribution in [2.45, 2.75) is 13.8 Å². The zero-order chi connectivity index (χ0) is 17.2. The van der Waals surface area contributed by atoms with E-state index in [9.17, 15) is 0 Å². The Morgan fingerprint density at radius 3 is 1.36 bits per heavy atom. The van der Waals surface area contributed by atoms with Crippen LogP contribution in [0.4, 0.5) is 0 Å². The van der Waals surface area contributed by atoms with E-state index >= 15 is 0 Å². The highest BCUT2D eigenvalue weighted by Crippen LogP contribution is 2.28. The van der Waals surface area contributed by atoms with Crippen LogP contribution in [-0.2, 0) is 0 Å². The van der Waals surface area contributed by atoms with Gasteiger partial charge in [-0.15, -0.1) is 0 Å². The number of ether oxygens (including phenoxy) is 1. The zero-order valence-electron chi connectivity index (χ0n) is 14.1. The Morgan fingerprint density at radius 1 is 0.640 bits per heavy atom. The molecular formula is C20H18N4O. The molecule has 5 heteroatoms. The Morgan fingerprint density at radius 2 is 1.04 bits per heavy atom. The van der Waals surface area contributed by atoms with Gasteiger partial charge in [-0.2, -0.15) is 10.2 Å². The summed E-state index contributed by atoms with van der Waals surface area (Å²) in [4.78, 5) is 0. The van der Waals surface area contributed by atoms with Gasteiger partial charge in [0.15, 0.2) is 0 Å². The third-order valence-electron chi connectivity index (χ3n) is 4.18. The molecule has 0 unspecified atom stereocenters. The maximum absolute atomic E-state index is 5.93. The summed E-state index contributed by atoms with van der Waals surface area (Å²) < 4.78 is 5.93. The van der Waals surface area contributed by atoms with Gasteiger partial charge in [0.05, 0.1) is 23.8 Å². The number of aromatic amines is 2. The standard InChI is InChI=1S/C20H18N4O/c1-13-11-21-23-19(13)15-3-7-17(8-4-15)25-18-9-5-16(6-10-18)20-14(2)12-22-24-20/h3-12H,1-2H3,(H,21,23)(H,22,24). The van der Waals surface area contributed by atoms with E-state index in [1.165, 1.54) is 0 Å². The van der Waals surface area contributed by atoms with Crippen molar-refractivity contribution < 1.29 is 4.74 Å². The van der Waals surface area contributed by atoms with Gasteiger partial charge in [0.2, 0.25) is 0 Å². The number of aryl methyl sites for hydroxylation is 2. The fourth-order valence-electron chi connectivity index (χ4n) is 2.79. The fourth-order valence-corrected chi connectivity index (χ4v) is 2.79. The van der Waals surface area contributed by atoms with Crippen LogP contribution in [0.3, 0.4) is 0 Å². The summed E-state index contributed by atoms with van der Waals surface area (Å²) >= 11 is 0. The first-order valence-corrected chi connectivity index (χ1v) is 8.09. The molecule has 2 N–H and O–H groups in total. The minimum absolute atomic E-state index is 0.798. The number of aromatic nitrogens is 4. The number of benzene rings is 2. The highest BCUT2D eigenvalue weighted by molar-refractivity contribution is 5.64. The van der Waals surface area contributed by atoms with E-state index in [-0.39, 0.29) is 0 Å². The molecule has 0 saturated carbocycles. The van der Waals surface area contributed by atoms with E-state index in [1.807, 2.05) is 74.8 Å². The molecule has 0 amide bonds. The first-order chi connectivity index (χ1) is 12.2. The van der Waals surface area contributed by atoms with Crippen LogP contribution in [0.25, 0.3) is 22.5 Å². The average Bonchev–Trinajstić information content (AvgIpc) is 3.25. The van der Waals surface area contributed by atoms with Crippen LogP contribution < -0.4 is 4.74 Å². The number of nitrogens with one attached hydrogen (secondary N) is 2. The fraction of sp³-hybridized carbons (Fsp3) is 0.100. The van der Waals surface area contributed by atoms with E-state index < -0.39 is 0 Å². The van der Waals surface area contributed by atoms with Crippen LogP contribution in [-0.4, -0.2) is 20.4 Å². The van der Waals surface area contributed by atoms with Crippen LogP contribution in [0.5, 0.6) is 11.5 Å². The lowest BCUT2D eigenvalue weighted by Gasteiger charge is -2.08. The molecule has 0 aliphatic heterocycles. The Hall–Kier alpha value is -3.34. The molecule has 2 aromatic heterocycles. The lowest BCUT2D eigenvalue weighted by atomic mass is 10.1. The second kappa shape index (κ2) is 6.28. The number of nitrogens with zero attached hydrogens (tertiary/aromatic N) is 2. The summed E-state index contributed by atoms with van der Waals surface area (Å²) in [5, 5.41) is 14.2. The van der Waals surface area contributed by atoms with Crippen LogP contribution in [0.1, 0.15) is 11.1 Å². The summed E-state index contributed by atoms with van der Waals surface area (Å²) in [6, 6.07) is 15.9. The Balaban J connectivity index is 1.51. The molecule has 0 atom stereocenters. The van der Waals surface area contributed by atoms with Gasteiger partial charge < -0.3 is 4.74 Å². The summed E-state index contributed by atoms with van der Waals surface area (Å²) in [7, 11) is 0. The van der Waals surface area contributed by atoms with Crippen LogP contribution in [0.2, 0.25) is 0 Å². The lowest BCUT2D eigenvalue weighted by Crippen LogP contribution is -1.86. The highest BCUT2D eigenvalue weighted by Gasteiger charge is 2.06. The van der Waals surface area contributed by atoms with Gasteiger partial charge in [0.25, 0.3) is 0 Å². The Labute approximate surface area is 145 Å². The quantitative estimate of drug-likeness (QED) is 0.560. The van der Waals surface area contributed by atoms with E-state index in [4.69, 9.17) is 4.74 Å². The van der Waals surface area contributed by atoms with Gasteiger partial charge in [0, 0.05) is 11.1 Å². The first-order valence-electron chi connectivity index (χ1n) is 8.09. The normalized spacial score (nSPS) is 10.8. The van der Waals surface area contributed by atoms with Gasteiger partial charge in [-0.3, -0.25) is 10.2 Å². The SMILES string of the molecule is Cc1cn[nH]c1-c1ccc(Oc2ccc(-c3[nH]ncc3C)cc2)cc1. The number of hydrogen-bond donors (Lipinski definition) is 2. The molecule has 0 fully saturated rings. The average molecular weight is 330 g/mol. The van der Waals surface area contributed by atoms with Gasteiger partial charge in [-0.05, 0) is 73.5 Å². The lowest BCUT2D eigenvalue weighted by molar-refractivity contribution is 0.483. The maximum atomic E-state index is 5.93. The van der Waals surface area contributed by atoms with Crippen molar-refractivity contribution in [3.05, 3.63) is 72.1 Å². The number of hydrogen-bond acceptors (Lipinski definition) is 3. The van der Waals surface area contributed by atoms with Crippen molar-refractivity contribution in [3.63, 3.8) is 0 Å². The van der Waals surface area contributed by atoms with Crippen molar-refractivity contribution in [3.8, 4) is 34.0 Å². The molecule has 5 nitrogen and oxygen atoms in total. The molecule has 0 spiro atoms. The van der Waals surface area contributed by atoms with Crippen molar-refractivity contribution in [2.24, 2.45) is 0 Å². The van der Waals surface area contributed by atoms with E-state index in [2.05, 4.69) is 20.4 Å². The topological polar surface area (TPSA) is 66.6 Å². The van der Waals surface area contributed by atoms with E-state index in [1.54, 1.807) is 0 Å². The molecule has 4 aromatic rings. The minimum Gasteiger partial charge on any atom is -0.457 e. The number of rotatable bonds is 4. The van der Waals surface area contributed by atoms with Gasteiger partial charge in [-0.25, -0.2) is 0 Å². The molecule has 0 aliphatic rings. The van der Waals surface area contributed by atoms with Crippen molar-refractivity contribution in [2.75, 3.05) is 0 Å². The number of H-pyrrole nitrogens is 2. The van der Waals surface area contributed by atoms with Gasteiger partial charge in [0.1, 0.15) is 11.5 Å². The molecule has 0 saturated heterocycles. The van der Waals surface area contributed by atoms with E-state index in [0.29, 0.717) is 0 Å². The van der Waals surface area contributed by atoms with Crippen molar-refractivity contribution in [1.82, 2.24) is 20.4 Å². The second-order valence-electron chi connectivity index (χ2n) is 6.01. The molecule has 25 heavy (non-hydrogen) atoms. The summed E-state index contributed by atoms with van der Waals surface area (Å²) in [6.07, 6.45) is 3.64. The predicted octanol–water partition coefficient (Wildman–Crippen LogP) is 4.88. The smallest absolute Gasteiger partial charge is 0.127 e. The summed E-state index contributed by atoms with van der Waals surface area (Å²) in [5.41, 5.74) is 6.49. The van der Waals surface area contributed by atoms with Crippen LogP contribution in [0.15, 0.2) is 60.9 Å². The van der Waals surface area contributed by atoms with Crippen LogP contribution in [0, 0.1) is 13.8 Å². The molecule has 0 bridgehead atoms. The van der Waals surface area contributed by atoms with Gasteiger partial charge >= 0.3 is 0 Å². The van der Waals surface area contributed by atoms with E-state index in [0.717, 1.165) is 45.1 Å². The molecular weight excluding hydrogens is 312 g/mol.